The van der Waals surface area contributed by atoms with Crippen LogP contribution in [0.15, 0.2) is 59.3 Å². The Labute approximate surface area is 130 Å². The number of halogens is 2. The summed E-state index contributed by atoms with van der Waals surface area (Å²) in [4.78, 5) is 4.15. The van der Waals surface area contributed by atoms with Gasteiger partial charge in [-0.15, -0.1) is 0 Å². The monoisotopic (exact) mass is 345 g/mol. The van der Waals surface area contributed by atoms with Crippen LogP contribution in [0.4, 0.5) is 4.39 Å². The molecule has 0 aliphatic heterocycles. The number of hydrogen-bond donors (Lipinski definition) is 2. The van der Waals surface area contributed by atoms with Gasteiger partial charge in [-0.2, -0.15) is 0 Å². The lowest BCUT2D eigenvalue weighted by Gasteiger charge is -2.19. The van der Waals surface area contributed by atoms with Crippen LogP contribution in [0.25, 0.3) is 10.8 Å². The van der Waals surface area contributed by atoms with Crippen molar-refractivity contribution < 1.29 is 4.39 Å². The van der Waals surface area contributed by atoms with Crippen molar-refractivity contribution >= 4 is 26.7 Å². The van der Waals surface area contributed by atoms with E-state index in [2.05, 4.69) is 26.3 Å². The summed E-state index contributed by atoms with van der Waals surface area (Å²) in [6.07, 6.45) is 3.50. The Morgan fingerprint density at radius 1 is 1.14 bits per heavy atom. The third-order valence-corrected chi connectivity index (χ3v) is 3.96. The molecule has 5 heteroatoms. The molecule has 106 valence electrons. The molecule has 0 aliphatic carbocycles. The highest BCUT2D eigenvalue weighted by Crippen LogP contribution is 2.30. The molecular formula is C16H13BrFN3. The lowest BCUT2D eigenvalue weighted by Crippen LogP contribution is -2.29. The first-order valence-corrected chi connectivity index (χ1v) is 7.23. The number of rotatable bonds is 3. The third kappa shape index (κ3) is 2.68. The van der Waals surface area contributed by atoms with Crippen LogP contribution < -0.4 is 11.3 Å². The lowest BCUT2D eigenvalue weighted by molar-refractivity contribution is 0.561. The molecule has 1 unspecified atom stereocenters. The first-order chi connectivity index (χ1) is 10.2. The Balaban J connectivity index is 2.18. The molecule has 21 heavy (non-hydrogen) atoms. The smallest absolute Gasteiger partial charge is 0.129 e. The number of aromatic nitrogens is 1. The van der Waals surface area contributed by atoms with Crippen LogP contribution in [0, 0.1) is 5.82 Å². The van der Waals surface area contributed by atoms with E-state index in [1.165, 1.54) is 6.07 Å². The van der Waals surface area contributed by atoms with Crippen molar-refractivity contribution in [1.29, 1.82) is 0 Å². The van der Waals surface area contributed by atoms with E-state index < -0.39 is 6.04 Å². The van der Waals surface area contributed by atoms with Gasteiger partial charge in [0.2, 0.25) is 0 Å². The van der Waals surface area contributed by atoms with Crippen molar-refractivity contribution in [3.63, 3.8) is 0 Å². The highest BCUT2D eigenvalue weighted by atomic mass is 79.9. The van der Waals surface area contributed by atoms with Gasteiger partial charge in [-0.1, -0.05) is 40.2 Å². The van der Waals surface area contributed by atoms with Gasteiger partial charge in [-0.05, 0) is 29.1 Å². The Hall–Kier alpha value is -1.82. The van der Waals surface area contributed by atoms with Gasteiger partial charge in [0.1, 0.15) is 5.82 Å². The van der Waals surface area contributed by atoms with E-state index in [1.807, 2.05) is 24.3 Å². The van der Waals surface area contributed by atoms with E-state index in [0.29, 0.717) is 10.0 Å². The topological polar surface area (TPSA) is 50.9 Å². The molecule has 3 rings (SSSR count). The zero-order valence-electron chi connectivity index (χ0n) is 11.1. The molecule has 3 N–H and O–H groups in total. The Morgan fingerprint density at radius 2 is 2.00 bits per heavy atom. The zero-order valence-corrected chi connectivity index (χ0v) is 12.6. The molecule has 0 spiro atoms. The summed E-state index contributed by atoms with van der Waals surface area (Å²) in [5.41, 5.74) is 4.09. The number of nitrogens with two attached hydrogens (primary N) is 1. The fourth-order valence-corrected chi connectivity index (χ4v) is 2.80. The zero-order chi connectivity index (χ0) is 14.8. The molecule has 0 fully saturated rings. The van der Waals surface area contributed by atoms with Crippen LogP contribution in [-0.2, 0) is 0 Å². The van der Waals surface area contributed by atoms with Gasteiger partial charge >= 0.3 is 0 Å². The lowest BCUT2D eigenvalue weighted by atomic mass is 9.95. The predicted octanol–water partition coefficient (Wildman–Crippen LogP) is 3.69. The summed E-state index contributed by atoms with van der Waals surface area (Å²) >= 11 is 3.26. The van der Waals surface area contributed by atoms with Crippen LogP contribution in [0.1, 0.15) is 17.2 Å². The van der Waals surface area contributed by atoms with Crippen molar-refractivity contribution in [2.24, 2.45) is 5.84 Å². The molecule has 1 aromatic heterocycles. The number of nitrogens with one attached hydrogen (secondary N) is 1. The minimum Gasteiger partial charge on any atom is -0.271 e. The van der Waals surface area contributed by atoms with Crippen molar-refractivity contribution in [1.82, 2.24) is 10.4 Å². The second kappa shape index (κ2) is 5.89. The van der Waals surface area contributed by atoms with Gasteiger partial charge < -0.3 is 0 Å². The second-order valence-corrected chi connectivity index (χ2v) is 5.63. The normalized spacial score (nSPS) is 12.5. The number of hydrogen-bond acceptors (Lipinski definition) is 3. The minimum atomic E-state index is -0.439. The highest BCUT2D eigenvalue weighted by Gasteiger charge is 2.18. The number of benzene rings is 2. The fraction of sp³-hybridized carbons (Fsp3) is 0.0625. The van der Waals surface area contributed by atoms with Crippen LogP contribution >= 0.6 is 15.9 Å². The molecule has 1 atom stereocenters. The van der Waals surface area contributed by atoms with Gasteiger partial charge in [0, 0.05) is 27.8 Å². The molecule has 2 aromatic carbocycles. The molecule has 1 heterocycles. The van der Waals surface area contributed by atoms with E-state index in [0.717, 1.165) is 16.3 Å². The molecule has 3 nitrogen and oxygen atoms in total. The first-order valence-electron chi connectivity index (χ1n) is 6.44. The summed E-state index contributed by atoms with van der Waals surface area (Å²) in [6.45, 7) is 0. The third-order valence-electron chi connectivity index (χ3n) is 3.47. The summed E-state index contributed by atoms with van der Waals surface area (Å²) in [5, 5.41) is 1.99. The Morgan fingerprint density at radius 3 is 2.76 bits per heavy atom. The van der Waals surface area contributed by atoms with E-state index in [4.69, 9.17) is 5.84 Å². The van der Waals surface area contributed by atoms with E-state index >= 15 is 0 Å². The number of pyridine rings is 1. The standard InChI is InChI=1S/C16H13BrFN3/c17-11-4-5-13(15(18)8-11)16(21-19)12-3-1-2-10-6-7-20-9-14(10)12/h1-9,16,21H,19H2. The molecule has 0 aliphatic rings. The molecule has 0 radical (unpaired) electrons. The average Bonchev–Trinajstić information content (AvgIpc) is 2.50. The van der Waals surface area contributed by atoms with Crippen LogP contribution in [0.3, 0.4) is 0 Å². The van der Waals surface area contributed by atoms with Crippen molar-refractivity contribution in [2.75, 3.05) is 0 Å². The van der Waals surface area contributed by atoms with Crippen LogP contribution in [-0.4, -0.2) is 4.98 Å². The van der Waals surface area contributed by atoms with E-state index in [-0.39, 0.29) is 5.82 Å². The minimum absolute atomic E-state index is 0.312. The maximum atomic E-state index is 14.2. The van der Waals surface area contributed by atoms with Crippen molar-refractivity contribution in [2.45, 2.75) is 6.04 Å². The Kier molecular flexibility index (Phi) is 3.96. The van der Waals surface area contributed by atoms with Gasteiger partial charge in [-0.25, -0.2) is 9.82 Å². The van der Waals surface area contributed by atoms with Crippen LogP contribution in [0.2, 0.25) is 0 Å². The van der Waals surface area contributed by atoms with Gasteiger partial charge in [0.15, 0.2) is 0 Å². The Bertz CT molecular complexity index is 786. The fourth-order valence-electron chi connectivity index (χ4n) is 2.47. The van der Waals surface area contributed by atoms with E-state index in [9.17, 15) is 4.39 Å². The van der Waals surface area contributed by atoms with E-state index in [1.54, 1.807) is 24.5 Å². The van der Waals surface area contributed by atoms with Gasteiger partial charge in [0.25, 0.3) is 0 Å². The summed E-state index contributed by atoms with van der Waals surface area (Å²) < 4.78 is 14.9. The molecule has 0 amide bonds. The first kappa shape index (κ1) is 14.1. The maximum absolute atomic E-state index is 14.2. The SMILES string of the molecule is NNC(c1ccc(Br)cc1F)c1cccc2ccncc12. The maximum Gasteiger partial charge on any atom is 0.129 e. The van der Waals surface area contributed by atoms with Crippen molar-refractivity contribution in [3.05, 3.63) is 76.3 Å². The van der Waals surface area contributed by atoms with Crippen molar-refractivity contribution in [3.8, 4) is 0 Å². The molecular weight excluding hydrogens is 333 g/mol. The van der Waals surface area contributed by atoms with Crippen LogP contribution in [0.5, 0.6) is 0 Å². The number of hydrazine groups is 1. The molecule has 3 aromatic rings. The number of fused-ring (bicyclic) bond motifs is 1. The highest BCUT2D eigenvalue weighted by molar-refractivity contribution is 9.10. The summed E-state index contributed by atoms with van der Waals surface area (Å²) in [7, 11) is 0. The molecule has 0 saturated heterocycles. The summed E-state index contributed by atoms with van der Waals surface area (Å²) in [6, 6.07) is 12.3. The van der Waals surface area contributed by atoms with Gasteiger partial charge in [-0.3, -0.25) is 10.8 Å². The van der Waals surface area contributed by atoms with Gasteiger partial charge in [0.05, 0.1) is 6.04 Å². The average molecular weight is 346 g/mol. The summed E-state index contributed by atoms with van der Waals surface area (Å²) in [5.74, 6) is 5.37. The largest absolute Gasteiger partial charge is 0.271 e. The quantitative estimate of drug-likeness (QED) is 0.562. The molecule has 0 saturated carbocycles. The predicted molar refractivity (Wildman–Crippen MR) is 85.0 cm³/mol. The molecule has 0 bridgehead atoms. The second-order valence-electron chi connectivity index (χ2n) is 4.71. The number of nitrogens with zero attached hydrogens (tertiary/aromatic N) is 1.